The average Bonchev–Trinajstić information content (AvgIpc) is 3.33. The molecule has 1 atom stereocenters. The Morgan fingerprint density at radius 2 is 2.04 bits per heavy atom. The maximum Gasteiger partial charge on any atom is 0.192 e. The zero-order valence-corrected chi connectivity index (χ0v) is 16.9. The van der Waals surface area contributed by atoms with E-state index in [4.69, 9.17) is 9.73 Å². The van der Waals surface area contributed by atoms with Crippen LogP contribution in [0.4, 0.5) is 0 Å². The van der Waals surface area contributed by atoms with Gasteiger partial charge in [0.05, 0.1) is 24.9 Å². The van der Waals surface area contributed by atoms with Crippen molar-refractivity contribution in [2.24, 2.45) is 19.1 Å². The van der Waals surface area contributed by atoms with Crippen LogP contribution in [-0.2, 0) is 31.9 Å². The SMILES string of the molecule is Cc1nn(C)c(C)c1CN=C(NCc1nnc(C)n1C)NCC1CCCO1. The highest BCUT2D eigenvalue weighted by Gasteiger charge is 2.16. The largest absolute Gasteiger partial charge is 0.376 e. The predicted octanol–water partition coefficient (Wildman–Crippen LogP) is 0.888. The van der Waals surface area contributed by atoms with E-state index in [0.717, 1.165) is 60.6 Å². The summed E-state index contributed by atoms with van der Waals surface area (Å²) in [6.45, 7) is 8.75. The van der Waals surface area contributed by atoms with Crippen molar-refractivity contribution < 1.29 is 4.74 Å². The molecule has 3 heterocycles. The fourth-order valence-corrected chi connectivity index (χ4v) is 3.16. The molecule has 27 heavy (non-hydrogen) atoms. The number of aryl methyl sites for hydroxylation is 3. The molecule has 1 unspecified atom stereocenters. The minimum Gasteiger partial charge on any atom is -0.376 e. The van der Waals surface area contributed by atoms with Crippen LogP contribution in [0.5, 0.6) is 0 Å². The summed E-state index contributed by atoms with van der Waals surface area (Å²) in [7, 11) is 3.92. The molecule has 1 saturated heterocycles. The van der Waals surface area contributed by atoms with Crippen molar-refractivity contribution in [2.45, 2.75) is 52.8 Å². The monoisotopic (exact) mass is 374 g/mol. The Labute approximate surface area is 160 Å². The minimum atomic E-state index is 0.246. The van der Waals surface area contributed by atoms with Crippen LogP contribution in [0.1, 0.15) is 41.4 Å². The van der Waals surface area contributed by atoms with Gasteiger partial charge in [0.25, 0.3) is 0 Å². The lowest BCUT2D eigenvalue weighted by molar-refractivity contribution is 0.113. The molecular formula is C18H30N8O. The summed E-state index contributed by atoms with van der Waals surface area (Å²) in [6, 6.07) is 0. The number of guanidine groups is 1. The Morgan fingerprint density at radius 3 is 2.63 bits per heavy atom. The van der Waals surface area contributed by atoms with E-state index in [-0.39, 0.29) is 6.10 Å². The van der Waals surface area contributed by atoms with Gasteiger partial charge in [0.15, 0.2) is 11.8 Å². The fraction of sp³-hybridized carbons (Fsp3) is 0.667. The molecule has 3 rings (SSSR count). The fourth-order valence-electron chi connectivity index (χ4n) is 3.16. The number of rotatable bonds is 6. The third-order valence-corrected chi connectivity index (χ3v) is 5.17. The second-order valence-electron chi connectivity index (χ2n) is 7.03. The van der Waals surface area contributed by atoms with E-state index in [2.05, 4.69) is 32.9 Å². The van der Waals surface area contributed by atoms with Gasteiger partial charge in [-0.05, 0) is 33.6 Å². The van der Waals surface area contributed by atoms with Crippen molar-refractivity contribution in [1.29, 1.82) is 0 Å². The summed E-state index contributed by atoms with van der Waals surface area (Å²) in [6.07, 6.45) is 2.46. The van der Waals surface area contributed by atoms with Crippen molar-refractivity contribution in [3.05, 3.63) is 28.6 Å². The summed E-state index contributed by atoms with van der Waals surface area (Å²) >= 11 is 0. The van der Waals surface area contributed by atoms with E-state index >= 15 is 0 Å². The second-order valence-corrected chi connectivity index (χ2v) is 7.03. The van der Waals surface area contributed by atoms with E-state index in [1.165, 1.54) is 0 Å². The molecule has 1 aliphatic rings. The van der Waals surface area contributed by atoms with Crippen molar-refractivity contribution in [3.8, 4) is 0 Å². The van der Waals surface area contributed by atoms with Gasteiger partial charge in [0.2, 0.25) is 0 Å². The van der Waals surface area contributed by atoms with E-state index in [9.17, 15) is 0 Å². The third-order valence-electron chi connectivity index (χ3n) is 5.17. The first-order chi connectivity index (χ1) is 13.0. The molecule has 0 radical (unpaired) electrons. The average molecular weight is 374 g/mol. The molecule has 1 aliphatic heterocycles. The molecule has 2 N–H and O–H groups in total. The Morgan fingerprint density at radius 1 is 1.22 bits per heavy atom. The molecule has 0 saturated carbocycles. The zero-order valence-electron chi connectivity index (χ0n) is 16.9. The summed E-state index contributed by atoms with van der Waals surface area (Å²) < 4.78 is 9.58. The molecule has 9 heteroatoms. The first-order valence-electron chi connectivity index (χ1n) is 9.43. The number of nitrogens with zero attached hydrogens (tertiary/aromatic N) is 6. The van der Waals surface area contributed by atoms with Gasteiger partial charge in [-0.2, -0.15) is 5.10 Å². The van der Waals surface area contributed by atoms with Crippen molar-refractivity contribution in [1.82, 2.24) is 35.2 Å². The van der Waals surface area contributed by atoms with Gasteiger partial charge in [-0.1, -0.05) is 0 Å². The number of aromatic nitrogens is 5. The maximum atomic E-state index is 5.71. The van der Waals surface area contributed by atoms with Crippen LogP contribution in [0.25, 0.3) is 0 Å². The lowest BCUT2D eigenvalue weighted by atomic mass is 10.2. The van der Waals surface area contributed by atoms with E-state index in [0.29, 0.717) is 13.1 Å². The number of hydrogen-bond donors (Lipinski definition) is 2. The van der Waals surface area contributed by atoms with Gasteiger partial charge in [-0.25, -0.2) is 4.99 Å². The highest BCUT2D eigenvalue weighted by molar-refractivity contribution is 5.79. The second kappa shape index (κ2) is 8.51. The lowest BCUT2D eigenvalue weighted by Crippen LogP contribution is -2.41. The molecular weight excluding hydrogens is 344 g/mol. The van der Waals surface area contributed by atoms with Gasteiger partial charge in [0, 0.05) is 38.5 Å². The standard InChI is InChI=1S/C18H30N8O/c1-12-16(13(2)26(5)24-12)10-20-18(19-9-15-7-6-8-27-15)21-11-17-23-22-14(3)25(17)4/h15H,6-11H2,1-5H3,(H2,19,20,21). The smallest absolute Gasteiger partial charge is 0.192 e. The third kappa shape index (κ3) is 4.65. The van der Waals surface area contributed by atoms with Crippen LogP contribution in [0.15, 0.2) is 4.99 Å². The Balaban J connectivity index is 1.68. The first-order valence-corrected chi connectivity index (χ1v) is 9.43. The van der Waals surface area contributed by atoms with Crippen LogP contribution in [0.3, 0.4) is 0 Å². The summed E-state index contributed by atoms with van der Waals surface area (Å²) in [4.78, 5) is 4.77. The number of ether oxygens (including phenoxy) is 1. The van der Waals surface area contributed by atoms with Crippen LogP contribution in [-0.4, -0.2) is 49.8 Å². The Kier molecular flexibility index (Phi) is 6.10. The molecule has 2 aromatic heterocycles. The van der Waals surface area contributed by atoms with Crippen LogP contribution in [0.2, 0.25) is 0 Å². The number of aliphatic imine (C=N–C) groups is 1. The molecule has 0 bridgehead atoms. The van der Waals surface area contributed by atoms with Gasteiger partial charge in [0.1, 0.15) is 5.82 Å². The maximum absolute atomic E-state index is 5.71. The van der Waals surface area contributed by atoms with Gasteiger partial charge in [-0.3, -0.25) is 4.68 Å². The number of nitrogens with one attached hydrogen (secondary N) is 2. The number of hydrogen-bond acceptors (Lipinski definition) is 5. The summed E-state index contributed by atoms with van der Waals surface area (Å²) in [5.74, 6) is 2.50. The predicted molar refractivity (Wildman–Crippen MR) is 103 cm³/mol. The van der Waals surface area contributed by atoms with Crippen LogP contribution < -0.4 is 10.6 Å². The van der Waals surface area contributed by atoms with E-state index in [1.54, 1.807) is 0 Å². The van der Waals surface area contributed by atoms with Crippen LogP contribution in [0, 0.1) is 20.8 Å². The Bertz CT molecular complexity index is 801. The normalized spacial score (nSPS) is 17.5. The van der Waals surface area contributed by atoms with Gasteiger partial charge < -0.3 is 19.9 Å². The van der Waals surface area contributed by atoms with Crippen LogP contribution >= 0.6 is 0 Å². The topological polar surface area (TPSA) is 94.2 Å². The summed E-state index contributed by atoms with van der Waals surface area (Å²) in [5.41, 5.74) is 3.31. The Hall–Kier alpha value is -2.42. The van der Waals surface area contributed by atoms with E-state index in [1.807, 2.05) is 37.2 Å². The van der Waals surface area contributed by atoms with Gasteiger partial charge >= 0.3 is 0 Å². The lowest BCUT2D eigenvalue weighted by Gasteiger charge is -2.15. The highest BCUT2D eigenvalue weighted by atomic mass is 16.5. The minimum absolute atomic E-state index is 0.246. The highest BCUT2D eigenvalue weighted by Crippen LogP contribution is 2.13. The summed E-state index contributed by atoms with van der Waals surface area (Å²) in [5, 5.41) is 19.5. The molecule has 0 aromatic carbocycles. The molecule has 148 valence electrons. The first kappa shape index (κ1) is 19.3. The zero-order chi connectivity index (χ0) is 19.4. The van der Waals surface area contributed by atoms with Crippen molar-refractivity contribution in [2.75, 3.05) is 13.2 Å². The molecule has 0 spiro atoms. The quantitative estimate of drug-likeness (QED) is 0.576. The van der Waals surface area contributed by atoms with Crippen molar-refractivity contribution in [3.63, 3.8) is 0 Å². The molecule has 0 aliphatic carbocycles. The molecule has 9 nitrogen and oxygen atoms in total. The molecule has 2 aromatic rings. The van der Waals surface area contributed by atoms with Gasteiger partial charge in [-0.15, -0.1) is 10.2 Å². The molecule has 0 amide bonds. The van der Waals surface area contributed by atoms with Crippen molar-refractivity contribution >= 4 is 5.96 Å². The molecule has 1 fully saturated rings. The van der Waals surface area contributed by atoms with E-state index < -0.39 is 0 Å².